The first kappa shape index (κ1) is 25.7. The summed E-state index contributed by atoms with van der Waals surface area (Å²) in [6.07, 6.45) is 7.34. The third-order valence-corrected chi connectivity index (χ3v) is 8.48. The number of likely N-dealkylation sites (tertiary alicyclic amines) is 2. The minimum absolute atomic E-state index is 0.0762. The van der Waals surface area contributed by atoms with E-state index in [4.69, 9.17) is 0 Å². The number of aryl methyl sites for hydroxylation is 1. The summed E-state index contributed by atoms with van der Waals surface area (Å²) in [6, 6.07) is 16.4. The standard InChI is InChI=1S/C31H39N3O3/c35-29-8-4-17-34(29)18-5-16-32-31(37)27-11-12-28-26(22-27)10-9-25(30(28)36)15-21-33-19-13-24(14-20-33)23-6-2-1-3-7-23/h1-3,6-7,11-12,22,24-25H,4-5,8-10,13-21H2,(H,32,37). The number of Topliss-reactive ketones (excluding diaryl/α,β-unsaturated/α-hetero) is 1. The third kappa shape index (κ3) is 6.30. The van der Waals surface area contributed by atoms with Crippen LogP contribution in [0.3, 0.4) is 0 Å². The van der Waals surface area contributed by atoms with Gasteiger partial charge in [-0.3, -0.25) is 14.4 Å². The van der Waals surface area contributed by atoms with Gasteiger partial charge in [-0.15, -0.1) is 0 Å². The molecule has 2 amide bonds. The van der Waals surface area contributed by atoms with Crippen molar-refractivity contribution in [1.82, 2.24) is 15.1 Å². The zero-order valence-electron chi connectivity index (χ0n) is 21.8. The van der Waals surface area contributed by atoms with Gasteiger partial charge < -0.3 is 15.1 Å². The Morgan fingerprint density at radius 1 is 0.919 bits per heavy atom. The Morgan fingerprint density at radius 2 is 1.73 bits per heavy atom. The largest absolute Gasteiger partial charge is 0.352 e. The van der Waals surface area contributed by atoms with Gasteiger partial charge in [0.15, 0.2) is 5.78 Å². The van der Waals surface area contributed by atoms with Crippen molar-refractivity contribution in [3.05, 3.63) is 70.8 Å². The number of fused-ring (bicyclic) bond motifs is 1. The van der Waals surface area contributed by atoms with Gasteiger partial charge in [0.2, 0.25) is 5.91 Å². The van der Waals surface area contributed by atoms with E-state index in [0.29, 0.717) is 31.0 Å². The fraction of sp³-hybridized carbons (Fsp3) is 0.516. The molecule has 2 fully saturated rings. The molecule has 196 valence electrons. The summed E-state index contributed by atoms with van der Waals surface area (Å²) in [7, 11) is 0. The molecule has 0 saturated carbocycles. The van der Waals surface area contributed by atoms with E-state index in [1.807, 2.05) is 17.0 Å². The molecule has 1 atom stereocenters. The van der Waals surface area contributed by atoms with Crippen LogP contribution >= 0.6 is 0 Å². The molecule has 0 aromatic heterocycles. The molecule has 1 aliphatic carbocycles. The van der Waals surface area contributed by atoms with E-state index in [9.17, 15) is 14.4 Å². The molecule has 2 saturated heterocycles. The first-order chi connectivity index (χ1) is 18.1. The van der Waals surface area contributed by atoms with Crippen molar-refractivity contribution in [2.45, 2.75) is 57.3 Å². The maximum atomic E-state index is 13.2. The van der Waals surface area contributed by atoms with Crippen LogP contribution in [0.15, 0.2) is 48.5 Å². The number of amides is 2. The summed E-state index contributed by atoms with van der Waals surface area (Å²) < 4.78 is 0. The van der Waals surface area contributed by atoms with Crippen molar-refractivity contribution in [3.63, 3.8) is 0 Å². The summed E-state index contributed by atoms with van der Waals surface area (Å²) >= 11 is 0. The molecule has 2 heterocycles. The number of benzene rings is 2. The average Bonchev–Trinajstić information content (AvgIpc) is 3.35. The van der Waals surface area contributed by atoms with E-state index in [-0.39, 0.29) is 23.5 Å². The minimum Gasteiger partial charge on any atom is -0.352 e. The zero-order chi connectivity index (χ0) is 25.6. The van der Waals surface area contributed by atoms with Crippen LogP contribution in [0, 0.1) is 5.92 Å². The minimum atomic E-state index is -0.107. The van der Waals surface area contributed by atoms with Crippen LogP contribution in [0.5, 0.6) is 0 Å². The Bertz CT molecular complexity index is 1110. The monoisotopic (exact) mass is 501 g/mol. The number of hydrogen-bond donors (Lipinski definition) is 1. The first-order valence-corrected chi connectivity index (χ1v) is 14.1. The maximum Gasteiger partial charge on any atom is 0.251 e. The number of rotatable bonds is 9. The molecule has 6 nitrogen and oxygen atoms in total. The van der Waals surface area contributed by atoms with E-state index in [2.05, 4.69) is 40.5 Å². The third-order valence-electron chi connectivity index (χ3n) is 8.48. The van der Waals surface area contributed by atoms with E-state index < -0.39 is 0 Å². The van der Waals surface area contributed by atoms with E-state index >= 15 is 0 Å². The van der Waals surface area contributed by atoms with Crippen LogP contribution in [0.4, 0.5) is 0 Å². The van der Waals surface area contributed by atoms with Crippen molar-refractivity contribution in [1.29, 1.82) is 0 Å². The highest BCUT2D eigenvalue weighted by atomic mass is 16.2. The second-order valence-electron chi connectivity index (χ2n) is 10.9. The van der Waals surface area contributed by atoms with Gasteiger partial charge in [0.05, 0.1) is 0 Å². The van der Waals surface area contributed by atoms with Crippen molar-refractivity contribution in [2.24, 2.45) is 5.92 Å². The van der Waals surface area contributed by atoms with Gasteiger partial charge in [0, 0.05) is 43.1 Å². The Kier molecular flexibility index (Phi) is 8.34. The quantitative estimate of drug-likeness (QED) is 0.516. The molecule has 1 unspecified atom stereocenters. The molecular formula is C31H39N3O3. The van der Waals surface area contributed by atoms with Gasteiger partial charge in [-0.1, -0.05) is 36.4 Å². The fourth-order valence-electron chi connectivity index (χ4n) is 6.21. The summed E-state index contributed by atoms with van der Waals surface area (Å²) in [6.45, 7) is 5.26. The first-order valence-electron chi connectivity index (χ1n) is 14.1. The van der Waals surface area contributed by atoms with E-state index in [1.165, 1.54) is 18.4 Å². The fourth-order valence-corrected chi connectivity index (χ4v) is 6.21. The molecule has 2 aromatic carbocycles. The molecule has 37 heavy (non-hydrogen) atoms. The van der Waals surface area contributed by atoms with Crippen LogP contribution in [-0.2, 0) is 11.2 Å². The van der Waals surface area contributed by atoms with Crippen LogP contribution < -0.4 is 5.32 Å². The van der Waals surface area contributed by atoms with Crippen LogP contribution in [0.2, 0.25) is 0 Å². The van der Waals surface area contributed by atoms with Crippen LogP contribution in [0.25, 0.3) is 0 Å². The molecule has 2 aromatic rings. The van der Waals surface area contributed by atoms with Crippen molar-refractivity contribution in [3.8, 4) is 0 Å². The highest BCUT2D eigenvalue weighted by molar-refractivity contribution is 6.02. The number of hydrogen-bond acceptors (Lipinski definition) is 4. The van der Waals surface area contributed by atoms with Gasteiger partial charge in [0.1, 0.15) is 0 Å². The van der Waals surface area contributed by atoms with Gasteiger partial charge in [-0.25, -0.2) is 0 Å². The summed E-state index contributed by atoms with van der Waals surface area (Å²) in [5.74, 6) is 1.08. The number of carbonyl (C=O) groups excluding carboxylic acids is 3. The Balaban J connectivity index is 1.06. The predicted octanol–water partition coefficient (Wildman–Crippen LogP) is 4.44. The van der Waals surface area contributed by atoms with Crippen LogP contribution in [-0.4, -0.2) is 66.7 Å². The number of ketones is 1. The molecule has 2 aliphatic heterocycles. The lowest BCUT2D eigenvalue weighted by Gasteiger charge is -2.33. The summed E-state index contributed by atoms with van der Waals surface area (Å²) in [5.41, 5.74) is 3.86. The lowest BCUT2D eigenvalue weighted by Crippen LogP contribution is -2.36. The second kappa shape index (κ2) is 12.0. The lowest BCUT2D eigenvalue weighted by atomic mass is 9.80. The Labute approximate surface area is 220 Å². The molecule has 0 spiro atoms. The topological polar surface area (TPSA) is 69.7 Å². The summed E-state index contributed by atoms with van der Waals surface area (Å²) in [4.78, 5) is 42.0. The molecular weight excluding hydrogens is 462 g/mol. The number of carbonyl (C=O) groups is 3. The molecule has 3 aliphatic rings. The smallest absolute Gasteiger partial charge is 0.251 e. The van der Waals surface area contributed by atoms with Crippen molar-refractivity contribution >= 4 is 17.6 Å². The van der Waals surface area contributed by atoms with Gasteiger partial charge in [-0.2, -0.15) is 0 Å². The van der Waals surface area contributed by atoms with Gasteiger partial charge >= 0.3 is 0 Å². The lowest BCUT2D eigenvalue weighted by molar-refractivity contribution is -0.127. The second-order valence-corrected chi connectivity index (χ2v) is 10.9. The number of piperidine rings is 1. The Hall–Kier alpha value is -2.99. The maximum absolute atomic E-state index is 13.2. The molecule has 0 bridgehead atoms. The predicted molar refractivity (Wildman–Crippen MR) is 145 cm³/mol. The van der Waals surface area contributed by atoms with Crippen molar-refractivity contribution < 1.29 is 14.4 Å². The highest BCUT2D eigenvalue weighted by Crippen LogP contribution is 2.31. The van der Waals surface area contributed by atoms with E-state index in [0.717, 1.165) is 69.4 Å². The van der Waals surface area contributed by atoms with Crippen LogP contribution in [0.1, 0.15) is 82.7 Å². The molecule has 5 rings (SSSR count). The normalized spacial score (nSPS) is 20.8. The molecule has 6 heteroatoms. The number of nitrogens with zero attached hydrogens (tertiary/aromatic N) is 2. The van der Waals surface area contributed by atoms with Gasteiger partial charge in [0.25, 0.3) is 5.91 Å². The zero-order valence-corrected chi connectivity index (χ0v) is 21.8. The SMILES string of the molecule is O=C(NCCCN1CCCC1=O)c1ccc2c(c1)CCC(CCN1CCC(c3ccccc3)CC1)C2=O. The Morgan fingerprint density at radius 3 is 2.49 bits per heavy atom. The van der Waals surface area contributed by atoms with Crippen molar-refractivity contribution in [2.75, 3.05) is 39.3 Å². The highest BCUT2D eigenvalue weighted by Gasteiger charge is 2.29. The average molecular weight is 502 g/mol. The van der Waals surface area contributed by atoms with Gasteiger partial charge in [-0.05, 0) is 93.8 Å². The summed E-state index contributed by atoms with van der Waals surface area (Å²) in [5, 5.41) is 2.97. The van der Waals surface area contributed by atoms with E-state index in [1.54, 1.807) is 6.07 Å². The molecule has 1 N–H and O–H groups in total. The number of nitrogens with one attached hydrogen (secondary N) is 1. The molecule has 0 radical (unpaired) electrons.